The zero-order valence-electron chi connectivity index (χ0n) is 30.9. The second-order valence-corrected chi connectivity index (χ2v) is 18.9. The molecule has 7 rings (SSSR count). The van der Waals surface area contributed by atoms with Crippen molar-refractivity contribution in [3.8, 4) is 16.5 Å². The maximum atomic E-state index is 14.5. The minimum absolute atomic E-state index is 0.0285. The van der Waals surface area contributed by atoms with Crippen LogP contribution in [0.5, 0.6) is 5.75 Å². The third-order valence-electron chi connectivity index (χ3n) is 12.1. The molecule has 55 heavy (non-hydrogen) atoms. The monoisotopic (exact) mass is 802 g/mol. The molecule has 1 aliphatic heterocycles. The normalized spacial score (nSPS) is 27.8. The van der Waals surface area contributed by atoms with Crippen LogP contribution in [-0.4, -0.2) is 70.4 Å². The van der Waals surface area contributed by atoms with Crippen molar-refractivity contribution in [2.75, 3.05) is 13.6 Å². The van der Waals surface area contributed by atoms with Gasteiger partial charge in [-0.25, -0.2) is 18.4 Å². The van der Waals surface area contributed by atoms with Crippen LogP contribution in [0.3, 0.4) is 0 Å². The molecule has 16 heteroatoms. The first-order valence-electron chi connectivity index (χ1n) is 18.7. The third kappa shape index (κ3) is 7.65. The fraction of sp³-hybridized carbons (Fsp3) is 0.564. The molecule has 1 aromatic carbocycles. The highest BCUT2D eigenvalue weighted by Gasteiger charge is 2.62. The number of Topliss-reactive ketones (excluding diaryl/α,β-unsaturated/α-hetero) is 1. The van der Waals surface area contributed by atoms with Gasteiger partial charge in [-0.3, -0.25) is 19.1 Å². The summed E-state index contributed by atoms with van der Waals surface area (Å²) in [6.45, 7) is 3.58. The Hall–Kier alpha value is -3.89. The van der Waals surface area contributed by atoms with Crippen molar-refractivity contribution in [2.24, 2.45) is 23.2 Å². The van der Waals surface area contributed by atoms with Crippen molar-refractivity contribution in [1.82, 2.24) is 19.6 Å². The van der Waals surface area contributed by atoms with E-state index in [1.165, 1.54) is 6.07 Å². The highest BCUT2D eigenvalue weighted by atomic mass is 32.2. The van der Waals surface area contributed by atoms with E-state index in [1.807, 2.05) is 12.2 Å². The number of aryl methyl sites for hydroxylation is 1. The predicted octanol–water partition coefficient (Wildman–Crippen LogP) is 6.50. The number of carbonyl (C=O) groups excluding carboxylic acids is 3. The molecule has 0 spiro atoms. The summed E-state index contributed by atoms with van der Waals surface area (Å²) in [6, 6.07) is 4.97. The third-order valence-corrected chi connectivity index (χ3v) is 15.1. The molecular formula is C39H45F3N4O7S2. The molecule has 11 nitrogen and oxygen atoms in total. The van der Waals surface area contributed by atoms with Gasteiger partial charge in [0.2, 0.25) is 21.8 Å². The van der Waals surface area contributed by atoms with Gasteiger partial charge in [-0.15, -0.1) is 11.3 Å². The van der Waals surface area contributed by atoms with Gasteiger partial charge in [0.1, 0.15) is 22.2 Å². The van der Waals surface area contributed by atoms with Crippen LogP contribution in [0.1, 0.15) is 88.0 Å². The number of nitrogens with one attached hydrogen (secondary N) is 1. The number of aliphatic hydroxyl groups is 1. The topological polar surface area (TPSA) is 156 Å². The summed E-state index contributed by atoms with van der Waals surface area (Å²) < 4.78 is 74.7. The zero-order valence-corrected chi connectivity index (χ0v) is 32.6. The number of hydrogen-bond acceptors (Lipinski definition) is 10. The number of rotatable bonds is 7. The SMILES string of the molecule is Cc1c(CO)ccc2c(O[C@H]3CC[C@H]4C(=O)N(C)CCCC/C=C\[C@H]5C[C@@]5(C(=O)NS(=O)(=O)C5(C)CC5)CC(=O)[C@@H]4C3)cc(-c3nc(C(F)(F)F)cs3)nc12. The molecule has 3 saturated carbocycles. The maximum absolute atomic E-state index is 14.5. The number of allylic oxidation sites excluding steroid dienone is 2. The van der Waals surface area contributed by atoms with Crippen molar-refractivity contribution < 1.29 is 45.8 Å². The van der Waals surface area contributed by atoms with Gasteiger partial charge in [-0.05, 0) is 94.7 Å². The molecule has 2 N–H and O–H groups in total. The molecule has 4 aliphatic rings. The Morgan fingerprint density at radius 2 is 1.91 bits per heavy atom. The average molecular weight is 803 g/mol. The Kier molecular flexibility index (Phi) is 10.4. The van der Waals surface area contributed by atoms with E-state index in [-0.39, 0.29) is 47.8 Å². The van der Waals surface area contributed by atoms with Gasteiger partial charge < -0.3 is 14.7 Å². The summed E-state index contributed by atoms with van der Waals surface area (Å²) in [5.74, 6) is -2.73. The van der Waals surface area contributed by atoms with Crippen LogP contribution < -0.4 is 9.46 Å². The molecule has 3 fully saturated rings. The van der Waals surface area contributed by atoms with E-state index >= 15 is 0 Å². The minimum Gasteiger partial charge on any atom is -0.490 e. The van der Waals surface area contributed by atoms with Crippen LogP contribution >= 0.6 is 11.3 Å². The lowest BCUT2D eigenvalue weighted by molar-refractivity contribution is -0.144. The molecule has 2 amide bonds. The first kappa shape index (κ1) is 39.3. The molecule has 3 aromatic rings. The number of sulfonamides is 1. The standard InChI is InChI=1S/C39H45F3N4O7S2/c1-22-23(20-47)9-11-27-31(17-29(43-33(22)27)34-44-32(21-54-34)39(40,41)42)53-25-10-12-26-28(16-25)30(48)19-38(36(50)45-55(51,52)37(2)13-14-37)18-24(38)8-6-4-5-7-15-46(3)35(26)49/h6,8-9,11,17,21,24-26,28,47H,4-5,7,10,12-16,18-20H2,1-3H3,(H,45,50)/b8-6-/t24-,25-,26+,28+,38+/m0/s1. The summed E-state index contributed by atoms with van der Waals surface area (Å²) in [7, 11) is -2.24. The number of halogens is 3. The number of ketones is 1. The molecule has 3 aliphatic carbocycles. The van der Waals surface area contributed by atoms with Gasteiger partial charge in [0.15, 0.2) is 5.69 Å². The van der Waals surface area contributed by atoms with E-state index < -0.39 is 55.9 Å². The number of ether oxygens (including phenoxy) is 1. The highest BCUT2D eigenvalue weighted by Crippen LogP contribution is 2.58. The van der Waals surface area contributed by atoms with Gasteiger partial charge >= 0.3 is 6.18 Å². The first-order chi connectivity index (χ1) is 26.0. The van der Waals surface area contributed by atoms with Gasteiger partial charge in [0.05, 0.1) is 28.4 Å². The fourth-order valence-corrected chi connectivity index (χ4v) is 10.2. The Bertz CT molecular complexity index is 2170. The second-order valence-electron chi connectivity index (χ2n) is 15.9. The van der Waals surface area contributed by atoms with Gasteiger partial charge in [-0.2, -0.15) is 13.2 Å². The van der Waals surface area contributed by atoms with Gasteiger partial charge in [0.25, 0.3) is 0 Å². The minimum atomic E-state index is -4.65. The Balaban J connectivity index is 1.21. The number of nitrogens with zero attached hydrogens (tertiary/aromatic N) is 3. The van der Waals surface area contributed by atoms with E-state index in [9.17, 15) is 41.1 Å². The van der Waals surface area contributed by atoms with Crippen molar-refractivity contribution in [1.29, 1.82) is 0 Å². The van der Waals surface area contributed by atoms with Gasteiger partial charge in [0, 0.05) is 48.7 Å². The van der Waals surface area contributed by atoms with Crippen LogP contribution in [0, 0.1) is 30.1 Å². The summed E-state index contributed by atoms with van der Waals surface area (Å²) in [5.41, 5.74) is -0.541. The predicted molar refractivity (Wildman–Crippen MR) is 199 cm³/mol. The molecule has 296 valence electrons. The molecule has 0 saturated heterocycles. The molecule has 0 bridgehead atoms. The lowest BCUT2D eigenvalue weighted by Crippen LogP contribution is -2.47. The molecule has 3 heterocycles. The average Bonchev–Trinajstić information content (AvgIpc) is 3.99. The maximum Gasteiger partial charge on any atom is 0.434 e. The number of amides is 2. The zero-order chi connectivity index (χ0) is 39.5. The quantitative estimate of drug-likeness (QED) is 0.255. The number of hydrogen-bond donors (Lipinski definition) is 2. The molecular weight excluding hydrogens is 758 g/mol. The van der Waals surface area contributed by atoms with Crippen LogP contribution in [0.2, 0.25) is 0 Å². The second kappa shape index (κ2) is 14.6. The number of pyridine rings is 1. The Morgan fingerprint density at radius 3 is 2.60 bits per heavy atom. The first-order valence-corrected chi connectivity index (χ1v) is 21.1. The number of thiazole rings is 1. The van der Waals surface area contributed by atoms with Crippen molar-refractivity contribution in [2.45, 2.75) is 102 Å². The summed E-state index contributed by atoms with van der Waals surface area (Å²) in [5, 5.41) is 11.5. The Morgan fingerprint density at radius 1 is 1.15 bits per heavy atom. The van der Waals surface area contributed by atoms with E-state index in [1.54, 1.807) is 37.9 Å². The summed E-state index contributed by atoms with van der Waals surface area (Å²) in [4.78, 5) is 52.4. The number of alkyl halides is 3. The summed E-state index contributed by atoms with van der Waals surface area (Å²) in [6.07, 6.45) is 2.72. The lowest BCUT2D eigenvalue weighted by atomic mass is 9.72. The molecule has 5 atom stereocenters. The van der Waals surface area contributed by atoms with Crippen LogP contribution in [-0.2, 0) is 37.2 Å². The molecule has 0 radical (unpaired) electrons. The van der Waals surface area contributed by atoms with E-state index in [4.69, 9.17) is 4.74 Å². The van der Waals surface area contributed by atoms with Crippen LogP contribution in [0.15, 0.2) is 35.7 Å². The number of benzene rings is 1. The highest BCUT2D eigenvalue weighted by molar-refractivity contribution is 7.91. The van der Waals surface area contributed by atoms with Crippen molar-refractivity contribution in [3.05, 3.63) is 52.6 Å². The molecule has 0 unspecified atom stereocenters. The summed E-state index contributed by atoms with van der Waals surface area (Å²) >= 11 is 0.792. The Labute approximate surface area is 321 Å². The van der Waals surface area contributed by atoms with Crippen molar-refractivity contribution in [3.63, 3.8) is 0 Å². The fourth-order valence-electron chi connectivity index (χ4n) is 8.04. The number of fused-ring (bicyclic) bond motifs is 3. The van der Waals surface area contributed by atoms with Crippen LogP contribution in [0.25, 0.3) is 21.6 Å². The number of carbonyl (C=O) groups is 3. The largest absolute Gasteiger partial charge is 0.490 e. The van der Waals surface area contributed by atoms with Crippen LogP contribution in [0.4, 0.5) is 13.2 Å². The molecule has 2 aromatic heterocycles. The van der Waals surface area contributed by atoms with E-state index in [0.717, 1.165) is 36.0 Å². The van der Waals surface area contributed by atoms with E-state index in [2.05, 4.69) is 14.7 Å². The smallest absolute Gasteiger partial charge is 0.434 e. The van der Waals surface area contributed by atoms with Crippen molar-refractivity contribution >= 4 is 49.9 Å². The number of aliphatic hydroxyl groups excluding tert-OH is 1. The number of aromatic nitrogens is 2. The lowest BCUT2D eigenvalue weighted by Gasteiger charge is -2.37. The van der Waals surface area contributed by atoms with E-state index in [0.29, 0.717) is 66.4 Å². The van der Waals surface area contributed by atoms with Gasteiger partial charge in [-0.1, -0.05) is 18.2 Å².